The van der Waals surface area contributed by atoms with Gasteiger partial charge in [0.15, 0.2) is 6.10 Å². The predicted molar refractivity (Wildman–Crippen MR) is 279 cm³/mol. The van der Waals surface area contributed by atoms with E-state index in [0.717, 1.165) is 77.0 Å². The zero-order chi connectivity index (χ0) is 47.2. The minimum atomic E-state index is -0.800. The fourth-order valence-electron chi connectivity index (χ4n) is 7.52. The van der Waals surface area contributed by atoms with Gasteiger partial charge in [-0.1, -0.05) is 229 Å². The number of hydrogen-bond acceptors (Lipinski definition) is 6. The molecule has 0 aromatic rings. The van der Waals surface area contributed by atoms with Crippen molar-refractivity contribution in [3.05, 3.63) is 72.9 Å². The number of hydrogen-bond donors (Lipinski definition) is 0. The summed E-state index contributed by atoms with van der Waals surface area (Å²) in [5.74, 6) is -0.955. The van der Waals surface area contributed by atoms with Gasteiger partial charge in [-0.3, -0.25) is 14.4 Å². The Labute approximate surface area is 402 Å². The first-order chi connectivity index (χ1) is 32.0. The van der Waals surface area contributed by atoms with Crippen LogP contribution in [-0.2, 0) is 28.6 Å². The maximum atomic E-state index is 12.8. The minimum Gasteiger partial charge on any atom is -0.462 e. The van der Waals surface area contributed by atoms with Crippen molar-refractivity contribution in [2.45, 2.75) is 271 Å². The van der Waals surface area contributed by atoms with Crippen molar-refractivity contribution in [1.29, 1.82) is 0 Å². The molecule has 1 atom stereocenters. The fraction of sp³-hybridized carbons (Fsp3) is 0.746. The van der Waals surface area contributed by atoms with E-state index in [1.54, 1.807) is 0 Å². The number of unbranched alkanes of at least 4 members (excludes halogenated alkanes) is 26. The molecule has 0 heterocycles. The second kappa shape index (κ2) is 53.5. The lowest BCUT2D eigenvalue weighted by Gasteiger charge is -2.18. The third kappa shape index (κ3) is 51.7. The topological polar surface area (TPSA) is 78.9 Å². The van der Waals surface area contributed by atoms with E-state index < -0.39 is 6.10 Å². The highest BCUT2D eigenvalue weighted by Crippen LogP contribution is 2.15. The standard InChI is InChI=1S/C59H102O6/c1-4-7-10-13-16-19-22-25-27-29-31-34-37-40-43-46-49-52-58(61)64-55-56(54-63-57(60)51-48-45-42-39-36-33-24-21-18-15-12-9-6-3)65-59(62)53-50-47-44-41-38-35-32-30-28-26-23-20-17-14-11-8-5-2/h16-17,19-20,25-28,31,34,40,43,56H,4-15,18,21-24,29-30,32-33,35-39,41-42,44-55H2,1-3H3/b19-16-,20-17-,27-25-,28-26-,34-31-,43-40-. The molecular formula is C59H102O6. The highest BCUT2D eigenvalue weighted by molar-refractivity contribution is 5.71. The normalized spacial score (nSPS) is 12.6. The third-order valence-electron chi connectivity index (χ3n) is 11.7. The zero-order valence-electron chi connectivity index (χ0n) is 42.7. The first-order valence-corrected chi connectivity index (χ1v) is 27.4. The third-order valence-corrected chi connectivity index (χ3v) is 11.7. The average Bonchev–Trinajstić information content (AvgIpc) is 3.30. The van der Waals surface area contributed by atoms with Crippen molar-refractivity contribution >= 4 is 17.9 Å². The molecule has 374 valence electrons. The van der Waals surface area contributed by atoms with Gasteiger partial charge in [-0.2, -0.15) is 0 Å². The second-order valence-electron chi connectivity index (χ2n) is 18.1. The summed E-state index contributed by atoms with van der Waals surface area (Å²) in [6.45, 7) is 6.54. The lowest BCUT2D eigenvalue weighted by molar-refractivity contribution is -0.167. The van der Waals surface area contributed by atoms with Gasteiger partial charge in [0.2, 0.25) is 0 Å². The predicted octanol–water partition coefficient (Wildman–Crippen LogP) is 18.2. The number of rotatable bonds is 49. The van der Waals surface area contributed by atoms with Crippen molar-refractivity contribution in [1.82, 2.24) is 0 Å². The lowest BCUT2D eigenvalue weighted by Crippen LogP contribution is -2.30. The highest BCUT2D eigenvalue weighted by atomic mass is 16.6. The van der Waals surface area contributed by atoms with Crippen LogP contribution in [0.1, 0.15) is 265 Å². The van der Waals surface area contributed by atoms with Crippen molar-refractivity contribution in [3.8, 4) is 0 Å². The Morgan fingerprint density at radius 2 is 0.569 bits per heavy atom. The van der Waals surface area contributed by atoms with E-state index in [4.69, 9.17) is 14.2 Å². The molecule has 6 nitrogen and oxygen atoms in total. The van der Waals surface area contributed by atoms with E-state index >= 15 is 0 Å². The molecule has 0 aliphatic rings. The van der Waals surface area contributed by atoms with Crippen LogP contribution in [0.2, 0.25) is 0 Å². The first-order valence-electron chi connectivity index (χ1n) is 27.4. The van der Waals surface area contributed by atoms with Gasteiger partial charge in [-0.25, -0.2) is 0 Å². The summed E-state index contributed by atoms with van der Waals surface area (Å²) in [5.41, 5.74) is 0. The van der Waals surface area contributed by atoms with Crippen molar-refractivity contribution < 1.29 is 28.6 Å². The van der Waals surface area contributed by atoms with E-state index in [2.05, 4.69) is 93.7 Å². The summed E-state index contributed by atoms with van der Waals surface area (Å²) in [4.78, 5) is 38.0. The summed E-state index contributed by atoms with van der Waals surface area (Å²) in [6, 6.07) is 0. The van der Waals surface area contributed by atoms with Gasteiger partial charge in [0, 0.05) is 19.3 Å². The van der Waals surface area contributed by atoms with E-state index in [0.29, 0.717) is 19.3 Å². The van der Waals surface area contributed by atoms with Crippen molar-refractivity contribution in [3.63, 3.8) is 0 Å². The maximum absolute atomic E-state index is 12.8. The lowest BCUT2D eigenvalue weighted by atomic mass is 10.0. The number of carbonyl (C=O) groups is 3. The Morgan fingerprint density at radius 1 is 0.308 bits per heavy atom. The van der Waals surface area contributed by atoms with Crippen LogP contribution in [0.15, 0.2) is 72.9 Å². The maximum Gasteiger partial charge on any atom is 0.306 e. The molecule has 0 saturated carbocycles. The monoisotopic (exact) mass is 907 g/mol. The molecule has 6 heteroatoms. The SMILES string of the molecule is CCCCC/C=C\C/C=C\C/C=C\C/C=C\CCCC(=O)OCC(COC(=O)CCCCCCCCCCCCCCC)OC(=O)CCCCCCCCC/C=C\C/C=C\CCCCC. The van der Waals surface area contributed by atoms with Crippen LogP contribution in [0.25, 0.3) is 0 Å². The van der Waals surface area contributed by atoms with Crippen molar-refractivity contribution in [2.75, 3.05) is 13.2 Å². The van der Waals surface area contributed by atoms with Gasteiger partial charge in [-0.15, -0.1) is 0 Å². The Balaban J connectivity index is 4.47. The van der Waals surface area contributed by atoms with Crippen LogP contribution in [0.4, 0.5) is 0 Å². The second-order valence-corrected chi connectivity index (χ2v) is 18.1. The molecule has 0 radical (unpaired) electrons. The molecule has 0 spiro atoms. The van der Waals surface area contributed by atoms with Crippen LogP contribution in [-0.4, -0.2) is 37.2 Å². The first kappa shape index (κ1) is 61.9. The quantitative estimate of drug-likeness (QED) is 0.0262. The summed E-state index contributed by atoms with van der Waals surface area (Å²) in [5, 5.41) is 0. The molecule has 0 bridgehead atoms. The molecule has 0 amide bonds. The number of allylic oxidation sites excluding steroid dienone is 12. The molecule has 0 fully saturated rings. The van der Waals surface area contributed by atoms with Gasteiger partial charge < -0.3 is 14.2 Å². The molecule has 0 aromatic heterocycles. The van der Waals surface area contributed by atoms with Gasteiger partial charge in [0.25, 0.3) is 0 Å². The smallest absolute Gasteiger partial charge is 0.306 e. The summed E-state index contributed by atoms with van der Waals surface area (Å²) in [6.07, 6.45) is 67.4. The molecule has 65 heavy (non-hydrogen) atoms. The van der Waals surface area contributed by atoms with Gasteiger partial charge >= 0.3 is 17.9 Å². The fourth-order valence-corrected chi connectivity index (χ4v) is 7.52. The number of ether oxygens (including phenoxy) is 3. The Hall–Kier alpha value is -3.15. The largest absolute Gasteiger partial charge is 0.462 e. The van der Waals surface area contributed by atoms with Crippen LogP contribution < -0.4 is 0 Å². The molecule has 0 rings (SSSR count). The van der Waals surface area contributed by atoms with Crippen molar-refractivity contribution in [2.24, 2.45) is 0 Å². The van der Waals surface area contributed by atoms with Crippen LogP contribution in [0, 0.1) is 0 Å². The van der Waals surface area contributed by atoms with Gasteiger partial charge in [-0.05, 0) is 89.9 Å². The number of carbonyl (C=O) groups excluding carboxylic acids is 3. The van der Waals surface area contributed by atoms with Gasteiger partial charge in [0.1, 0.15) is 13.2 Å². The summed E-state index contributed by atoms with van der Waals surface area (Å²) >= 11 is 0. The summed E-state index contributed by atoms with van der Waals surface area (Å²) in [7, 11) is 0. The Kier molecular flexibility index (Phi) is 50.9. The number of esters is 3. The molecule has 0 aliphatic heterocycles. The van der Waals surface area contributed by atoms with Gasteiger partial charge in [0.05, 0.1) is 0 Å². The zero-order valence-corrected chi connectivity index (χ0v) is 42.7. The molecule has 1 unspecified atom stereocenters. The van der Waals surface area contributed by atoms with Crippen LogP contribution >= 0.6 is 0 Å². The van der Waals surface area contributed by atoms with Crippen LogP contribution in [0.5, 0.6) is 0 Å². The Bertz CT molecular complexity index is 1230. The Morgan fingerprint density at radius 3 is 0.954 bits per heavy atom. The highest BCUT2D eigenvalue weighted by Gasteiger charge is 2.19. The minimum absolute atomic E-state index is 0.0938. The van der Waals surface area contributed by atoms with E-state index in [1.807, 2.05) is 0 Å². The summed E-state index contributed by atoms with van der Waals surface area (Å²) < 4.78 is 16.8. The van der Waals surface area contributed by atoms with Crippen LogP contribution in [0.3, 0.4) is 0 Å². The molecule has 0 aromatic carbocycles. The molecular weight excluding hydrogens is 805 g/mol. The van der Waals surface area contributed by atoms with E-state index in [1.165, 1.54) is 141 Å². The molecule has 0 aliphatic carbocycles. The van der Waals surface area contributed by atoms with E-state index in [-0.39, 0.29) is 37.5 Å². The molecule has 0 N–H and O–H groups in total. The average molecular weight is 907 g/mol. The molecule has 0 saturated heterocycles. The van der Waals surface area contributed by atoms with E-state index in [9.17, 15) is 14.4 Å².